The Morgan fingerprint density at radius 3 is 2.96 bits per heavy atom. The topological polar surface area (TPSA) is 35.2 Å². The Morgan fingerprint density at radius 1 is 1.13 bits per heavy atom. The molecule has 4 heteroatoms. The first-order valence-electron chi connectivity index (χ1n) is 8.26. The number of hydrogen-bond acceptors (Lipinski definition) is 3. The van der Waals surface area contributed by atoms with Crippen molar-refractivity contribution in [2.24, 2.45) is 5.92 Å². The van der Waals surface area contributed by atoms with Crippen LogP contribution in [0.5, 0.6) is 0 Å². The summed E-state index contributed by atoms with van der Waals surface area (Å²) < 4.78 is 0. The third-order valence-corrected chi connectivity index (χ3v) is 5.49. The second-order valence-corrected chi connectivity index (χ2v) is 6.85. The fraction of sp³-hybridized carbons (Fsp3) is 0.316. The molecule has 4 nitrogen and oxygen atoms in total. The number of likely N-dealkylation sites (N-methyl/N-ethyl adjacent to an activating group) is 1. The number of nitrogens with one attached hydrogen (secondary N) is 1. The number of aromatic amines is 1. The lowest BCUT2D eigenvalue weighted by atomic mass is 9.93. The molecule has 0 radical (unpaired) electrons. The Bertz CT molecular complexity index is 868. The summed E-state index contributed by atoms with van der Waals surface area (Å²) in [4.78, 5) is 12.8. The number of H-pyrrole nitrogens is 1. The zero-order chi connectivity index (χ0) is 15.4. The van der Waals surface area contributed by atoms with Crippen LogP contribution in [0.2, 0.25) is 0 Å². The molecule has 2 fully saturated rings. The van der Waals surface area contributed by atoms with E-state index in [0.717, 1.165) is 25.0 Å². The van der Waals surface area contributed by atoms with Crippen molar-refractivity contribution in [2.45, 2.75) is 6.04 Å². The molecule has 1 N–H and O–H groups in total. The van der Waals surface area contributed by atoms with E-state index in [0.29, 0.717) is 0 Å². The van der Waals surface area contributed by atoms with E-state index < -0.39 is 0 Å². The molecule has 0 aliphatic carbocycles. The number of anilines is 1. The van der Waals surface area contributed by atoms with Crippen molar-refractivity contribution in [1.29, 1.82) is 0 Å². The predicted octanol–water partition coefficient (Wildman–Crippen LogP) is 2.98. The highest BCUT2D eigenvalue weighted by Gasteiger charge is 2.43. The quantitative estimate of drug-likeness (QED) is 0.790. The molecule has 23 heavy (non-hydrogen) atoms. The van der Waals surface area contributed by atoms with E-state index in [1.54, 1.807) is 0 Å². The molecular formula is C19H20N4. The largest absolute Gasteiger partial charge is 0.368 e. The highest BCUT2D eigenvalue weighted by Crippen LogP contribution is 2.35. The van der Waals surface area contributed by atoms with Gasteiger partial charge in [-0.2, -0.15) is 0 Å². The number of benzene rings is 1. The van der Waals surface area contributed by atoms with Gasteiger partial charge in [0.2, 0.25) is 0 Å². The highest BCUT2D eigenvalue weighted by atomic mass is 15.3. The van der Waals surface area contributed by atoms with Crippen molar-refractivity contribution in [1.82, 2.24) is 14.9 Å². The predicted molar refractivity (Wildman–Crippen MR) is 93.7 cm³/mol. The van der Waals surface area contributed by atoms with Crippen LogP contribution in [0.1, 0.15) is 0 Å². The van der Waals surface area contributed by atoms with Gasteiger partial charge in [-0.1, -0.05) is 12.1 Å². The molecule has 4 heterocycles. The molecule has 2 saturated heterocycles. The minimum atomic E-state index is 0.728. The van der Waals surface area contributed by atoms with Crippen molar-refractivity contribution in [3.8, 4) is 11.1 Å². The van der Waals surface area contributed by atoms with E-state index in [-0.39, 0.29) is 0 Å². The first kappa shape index (κ1) is 13.1. The van der Waals surface area contributed by atoms with E-state index in [2.05, 4.69) is 57.1 Å². The summed E-state index contributed by atoms with van der Waals surface area (Å²) in [5.41, 5.74) is 4.87. The number of fused-ring (bicyclic) bond motifs is 2. The zero-order valence-electron chi connectivity index (χ0n) is 13.2. The molecule has 0 unspecified atom stereocenters. The molecule has 3 aromatic rings. The molecule has 0 amide bonds. The van der Waals surface area contributed by atoms with Crippen molar-refractivity contribution in [2.75, 3.05) is 31.6 Å². The van der Waals surface area contributed by atoms with Crippen LogP contribution < -0.4 is 4.90 Å². The first-order chi connectivity index (χ1) is 11.3. The standard InChI is InChI=1S/C19H20N4/c1-22-10-14-11-23(12-19(14)22)15-7-13(8-20-9-15)16-3-2-4-18-17(16)5-6-21-18/h2-9,14,19,21H,10-12H2,1H3/t14-,19+/m0/s1. The SMILES string of the molecule is CN1C[C@H]2CN(c3cncc(-c4cccc5[nH]ccc45)c3)C[C@H]21. The summed E-state index contributed by atoms with van der Waals surface area (Å²) >= 11 is 0. The number of likely N-dealkylation sites (tertiary alicyclic amines) is 1. The van der Waals surface area contributed by atoms with Gasteiger partial charge in [0, 0.05) is 60.5 Å². The lowest BCUT2D eigenvalue weighted by molar-refractivity contribution is 0.0827. The number of aromatic nitrogens is 2. The number of nitrogens with zero attached hydrogens (tertiary/aromatic N) is 3. The highest BCUT2D eigenvalue weighted by molar-refractivity contribution is 5.95. The van der Waals surface area contributed by atoms with Crippen LogP contribution in [0.4, 0.5) is 5.69 Å². The molecule has 1 aromatic carbocycles. The third kappa shape index (κ3) is 1.98. The second-order valence-electron chi connectivity index (χ2n) is 6.85. The summed E-state index contributed by atoms with van der Waals surface area (Å²) in [7, 11) is 2.23. The molecule has 0 bridgehead atoms. The molecule has 0 saturated carbocycles. The Labute approximate surface area is 135 Å². The normalized spacial score (nSPS) is 24.0. The van der Waals surface area contributed by atoms with E-state index in [1.165, 1.54) is 34.3 Å². The van der Waals surface area contributed by atoms with Crippen LogP contribution in [0.25, 0.3) is 22.0 Å². The number of rotatable bonds is 2. The van der Waals surface area contributed by atoms with Gasteiger partial charge in [0.15, 0.2) is 0 Å². The van der Waals surface area contributed by atoms with E-state index in [1.807, 2.05) is 18.6 Å². The lowest BCUT2D eigenvalue weighted by Crippen LogP contribution is -2.52. The van der Waals surface area contributed by atoms with Gasteiger partial charge in [-0.05, 0) is 30.8 Å². The van der Waals surface area contributed by atoms with Crippen LogP contribution in [-0.2, 0) is 0 Å². The van der Waals surface area contributed by atoms with Gasteiger partial charge in [0.25, 0.3) is 0 Å². The van der Waals surface area contributed by atoms with Gasteiger partial charge in [0.05, 0.1) is 11.9 Å². The van der Waals surface area contributed by atoms with Crippen LogP contribution in [-0.4, -0.2) is 47.6 Å². The van der Waals surface area contributed by atoms with Crippen molar-refractivity contribution < 1.29 is 0 Å². The van der Waals surface area contributed by atoms with Gasteiger partial charge in [0.1, 0.15) is 0 Å². The Hall–Kier alpha value is -2.33. The van der Waals surface area contributed by atoms with Gasteiger partial charge in [-0.15, -0.1) is 0 Å². The van der Waals surface area contributed by atoms with Crippen LogP contribution in [0, 0.1) is 5.92 Å². The third-order valence-electron chi connectivity index (χ3n) is 5.49. The Balaban J connectivity index is 1.52. The lowest BCUT2D eigenvalue weighted by Gasteiger charge is -2.40. The van der Waals surface area contributed by atoms with E-state index >= 15 is 0 Å². The average Bonchev–Trinajstić information content (AvgIpc) is 3.18. The van der Waals surface area contributed by atoms with Crippen molar-refractivity contribution >= 4 is 16.6 Å². The van der Waals surface area contributed by atoms with Crippen LogP contribution in [0.3, 0.4) is 0 Å². The molecule has 2 atom stereocenters. The summed E-state index contributed by atoms with van der Waals surface area (Å²) in [6.45, 7) is 3.52. The molecule has 2 aliphatic rings. The molecular weight excluding hydrogens is 284 g/mol. The molecule has 2 aliphatic heterocycles. The molecule has 2 aromatic heterocycles. The van der Waals surface area contributed by atoms with Gasteiger partial charge >= 0.3 is 0 Å². The summed E-state index contributed by atoms with van der Waals surface area (Å²) in [5, 5.41) is 1.26. The van der Waals surface area contributed by atoms with Gasteiger partial charge in [-0.25, -0.2) is 0 Å². The maximum absolute atomic E-state index is 4.52. The Kier molecular flexibility index (Phi) is 2.76. The Morgan fingerprint density at radius 2 is 2.09 bits per heavy atom. The summed E-state index contributed by atoms with van der Waals surface area (Å²) in [6, 6.07) is 11.6. The van der Waals surface area contributed by atoms with Gasteiger partial charge < -0.3 is 14.8 Å². The van der Waals surface area contributed by atoms with Crippen LogP contribution >= 0.6 is 0 Å². The van der Waals surface area contributed by atoms with Crippen molar-refractivity contribution in [3.63, 3.8) is 0 Å². The smallest absolute Gasteiger partial charge is 0.0559 e. The fourth-order valence-corrected chi connectivity index (χ4v) is 4.20. The molecule has 5 rings (SSSR count). The summed E-state index contributed by atoms with van der Waals surface area (Å²) in [5.74, 6) is 0.830. The minimum absolute atomic E-state index is 0.728. The number of hydrogen-bond donors (Lipinski definition) is 1. The van der Waals surface area contributed by atoms with E-state index in [9.17, 15) is 0 Å². The van der Waals surface area contributed by atoms with Crippen molar-refractivity contribution in [3.05, 3.63) is 48.9 Å². The fourth-order valence-electron chi connectivity index (χ4n) is 4.20. The molecule has 0 spiro atoms. The summed E-state index contributed by atoms with van der Waals surface area (Å²) in [6.07, 6.45) is 5.98. The zero-order valence-corrected chi connectivity index (χ0v) is 13.2. The first-order valence-corrected chi connectivity index (χ1v) is 8.26. The maximum Gasteiger partial charge on any atom is 0.0559 e. The van der Waals surface area contributed by atoms with E-state index in [4.69, 9.17) is 0 Å². The average molecular weight is 304 g/mol. The second kappa shape index (κ2) is 4.83. The van der Waals surface area contributed by atoms with Crippen LogP contribution in [0.15, 0.2) is 48.9 Å². The minimum Gasteiger partial charge on any atom is -0.368 e. The maximum atomic E-state index is 4.52. The monoisotopic (exact) mass is 304 g/mol. The molecule has 116 valence electrons. The van der Waals surface area contributed by atoms with Gasteiger partial charge in [-0.3, -0.25) is 4.98 Å². The number of pyridine rings is 1.